The van der Waals surface area contributed by atoms with Gasteiger partial charge in [-0.15, -0.1) is 0 Å². The normalized spacial score (nSPS) is 11.7. The second kappa shape index (κ2) is 7.62. The van der Waals surface area contributed by atoms with Gasteiger partial charge in [0.25, 0.3) is 5.91 Å². The largest absolute Gasteiger partial charge is 0.452 e. The minimum Gasteiger partial charge on any atom is -0.452 e. The molecule has 1 N–H and O–H groups in total. The lowest BCUT2D eigenvalue weighted by molar-refractivity contribution is -0.125. The molecule has 0 saturated heterocycles. The maximum Gasteiger partial charge on any atom is 0.338 e. The SMILES string of the molecule is CC(C)c1ccc(C(=O)OCC(=O)NC(C)(C)C)c(C(C)C)c1. The summed E-state index contributed by atoms with van der Waals surface area (Å²) in [7, 11) is 0. The highest BCUT2D eigenvalue weighted by molar-refractivity contribution is 5.93. The molecule has 0 aromatic heterocycles. The Labute approximate surface area is 139 Å². The van der Waals surface area contributed by atoms with Crippen molar-refractivity contribution in [3.63, 3.8) is 0 Å². The molecule has 1 aromatic carbocycles. The number of ether oxygens (including phenoxy) is 1. The summed E-state index contributed by atoms with van der Waals surface area (Å²) in [6.07, 6.45) is 0. The average Bonchev–Trinajstić information content (AvgIpc) is 2.42. The molecule has 1 amide bonds. The van der Waals surface area contributed by atoms with E-state index >= 15 is 0 Å². The van der Waals surface area contributed by atoms with E-state index in [1.807, 2.05) is 40.7 Å². The number of carbonyl (C=O) groups excluding carboxylic acids is 2. The Balaban J connectivity index is 2.85. The minimum atomic E-state index is -0.451. The van der Waals surface area contributed by atoms with Gasteiger partial charge in [0, 0.05) is 5.54 Å². The lowest BCUT2D eigenvalue weighted by Crippen LogP contribution is -2.42. The molecule has 4 heteroatoms. The van der Waals surface area contributed by atoms with Crippen molar-refractivity contribution in [2.24, 2.45) is 0 Å². The molecule has 0 radical (unpaired) electrons. The van der Waals surface area contributed by atoms with Crippen LogP contribution in [0.3, 0.4) is 0 Å². The van der Waals surface area contributed by atoms with Gasteiger partial charge in [0.2, 0.25) is 0 Å². The maximum atomic E-state index is 12.3. The number of hydrogen-bond acceptors (Lipinski definition) is 3. The van der Waals surface area contributed by atoms with Crippen molar-refractivity contribution in [1.82, 2.24) is 5.32 Å². The number of benzene rings is 1. The van der Waals surface area contributed by atoms with E-state index < -0.39 is 5.97 Å². The number of esters is 1. The molecule has 0 atom stereocenters. The third-order valence-corrected chi connectivity index (χ3v) is 3.43. The highest BCUT2D eigenvalue weighted by atomic mass is 16.5. The van der Waals surface area contributed by atoms with E-state index in [0.717, 1.165) is 5.56 Å². The summed E-state index contributed by atoms with van der Waals surface area (Å²) in [4.78, 5) is 24.1. The van der Waals surface area contributed by atoms with Crippen LogP contribution < -0.4 is 5.32 Å². The van der Waals surface area contributed by atoms with E-state index in [0.29, 0.717) is 11.5 Å². The summed E-state index contributed by atoms with van der Waals surface area (Å²) in [6.45, 7) is 13.7. The zero-order valence-electron chi connectivity index (χ0n) is 15.3. The smallest absolute Gasteiger partial charge is 0.338 e. The van der Waals surface area contributed by atoms with Crippen molar-refractivity contribution < 1.29 is 14.3 Å². The Bertz CT molecular complexity index is 568. The van der Waals surface area contributed by atoms with Crippen molar-refractivity contribution in [1.29, 1.82) is 0 Å². The van der Waals surface area contributed by atoms with Crippen LogP contribution in [0.4, 0.5) is 0 Å². The van der Waals surface area contributed by atoms with Gasteiger partial charge < -0.3 is 10.1 Å². The molecule has 23 heavy (non-hydrogen) atoms. The molecule has 0 spiro atoms. The molecule has 0 saturated carbocycles. The van der Waals surface area contributed by atoms with E-state index in [9.17, 15) is 9.59 Å². The van der Waals surface area contributed by atoms with Gasteiger partial charge in [-0.25, -0.2) is 4.79 Å². The van der Waals surface area contributed by atoms with Crippen LogP contribution in [0.1, 0.15) is 81.8 Å². The Hall–Kier alpha value is -1.84. The van der Waals surface area contributed by atoms with E-state index in [4.69, 9.17) is 4.74 Å². The first-order chi connectivity index (χ1) is 10.5. The molecule has 1 aromatic rings. The Morgan fingerprint density at radius 3 is 2.17 bits per heavy atom. The first-order valence-corrected chi connectivity index (χ1v) is 8.13. The Morgan fingerprint density at radius 1 is 1.09 bits per heavy atom. The van der Waals surface area contributed by atoms with Crippen molar-refractivity contribution in [3.05, 3.63) is 34.9 Å². The molecule has 1 rings (SSSR count). The molecule has 0 unspecified atom stereocenters. The number of rotatable bonds is 5. The second-order valence-electron chi connectivity index (χ2n) is 7.53. The highest BCUT2D eigenvalue weighted by Gasteiger charge is 2.19. The molecule has 0 heterocycles. The van der Waals surface area contributed by atoms with Gasteiger partial charge in [-0.3, -0.25) is 4.79 Å². The van der Waals surface area contributed by atoms with Crippen LogP contribution in [0.5, 0.6) is 0 Å². The fourth-order valence-electron chi connectivity index (χ4n) is 2.27. The monoisotopic (exact) mass is 319 g/mol. The highest BCUT2D eigenvalue weighted by Crippen LogP contribution is 2.25. The summed E-state index contributed by atoms with van der Waals surface area (Å²) < 4.78 is 5.18. The van der Waals surface area contributed by atoms with Crippen molar-refractivity contribution in [2.45, 2.75) is 65.8 Å². The van der Waals surface area contributed by atoms with Gasteiger partial charge >= 0.3 is 5.97 Å². The summed E-state index contributed by atoms with van der Waals surface area (Å²) in [5.74, 6) is -0.140. The molecule has 0 fully saturated rings. The van der Waals surface area contributed by atoms with Crippen LogP contribution >= 0.6 is 0 Å². The fraction of sp³-hybridized carbons (Fsp3) is 0.579. The summed E-state index contributed by atoms with van der Waals surface area (Å²) in [6, 6.07) is 5.80. The van der Waals surface area contributed by atoms with E-state index in [-0.39, 0.29) is 24.0 Å². The molecule has 0 aliphatic heterocycles. The molecule has 4 nitrogen and oxygen atoms in total. The van der Waals surface area contributed by atoms with Gasteiger partial charge in [-0.2, -0.15) is 0 Å². The first kappa shape index (κ1) is 19.2. The lowest BCUT2D eigenvalue weighted by Gasteiger charge is -2.20. The Morgan fingerprint density at radius 2 is 1.70 bits per heavy atom. The minimum absolute atomic E-state index is 0.208. The average molecular weight is 319 g/mol. The zero-order chi connectivity index (χ0) is 17.8. The lowest BCUT2D eigenvalue weighted by atomic mass is 9.91. The quantitative estimate of drug-likeness (QED) is 0.834. The number of nitrogens with one attached hydrogen (secondary N) is 1. The van der Waals surface area contributed by atoms with Crippen molar-refractivity contribution in [2.75, 3.05) is 6.61 Å². The van der Waals surface area contributed by atoms with E-state index in [2.05, 4.69) is 25.2 Å². The van der Waals surface area contributed by atoms with Gasteiger partial charge in [-0.1, -0.05) is 39.8 Å². The third-order valence-electron chi connectivity index (χ3n) is 3.43. The first-order valence-electron chi connectivity index (χ1n) is 8.13. The molecule has 128 valence electrons. The number of amides is 1. The predicted molar refractivity (Wildman–Crippen MR) is 92.8 cm³/mol. The van der Waals surface area contributed by atoms with Crippen molar-refractivity contribution in [3.8, 4) is 0 Å². The van der Waals surface area contributed by atoms with Crippen LogP contribution in [-0.4, -0.2) is 24.0 Å². The number of hydrogen-bond donors (Lipinski definition) is 1. The predicted octanol–water partition coefficient (Wildman–Crippen LogP) is 4.00. The Kier molecular flexibility index (Phi) is 6.37. The number of carbonyl (C=O) groups is 2. The third kappa shape index (κ3) is 6.05. The van der Waals surface area contributed by atoms with Crippen LogP contribution in [0, 0.1) is 0 Å². The van der Waals surface area contributed by atoms with Crippen LogP contribution in [-0.2, 0) is 9.53 Å². The van der Waals surface area contributed by atoms with Crippen molar-refractivity contribution >= 4 is 11.9 Å². The van der Waals surface area contributed by atoms with Gasteiger partial charge in [0.15, 0.2) is 6.61 Å². The topological polar surface area (TPSA) is 55.4 Å². The van der Waals surface area contributed by atoms with Crippen LogP contribution in [0.15, 0.2) is 18.2 Å². The molecule has 0 bridgehead atoms. The maximum absolute atomic E-state index is 12.3. The van der Waals surface area contributed by atoms with E-state index in [1.54, 1.807) is 6.07 Å². The van der Waals surface area contributed by atoms with E-state index in [1.165, 1.54) is 5.56 Å². The van der Waals surface area contributed by atoms with Gasteiger partial charge in [-0.05, 0) is 49.8 Å². The second-order valence-corrected chi connectivity index (χ2v) is 7.53. The summed E-state index contributed by atoms with van der Waals surface area (Å²) >= 11 is 0. The molecular weight excluding hydrogens is 290 g/mol. The molecule has 0 aliphatic carbocycles. The molecular formula is C19H29NO3. The summed E-state index contributed by atoms with van der Waals surface area (Å²) in [5.41, 5.74) is 2.34. The molecule has 0 aliphatic rings. The standard InChI is InChI=1S/C19H29NO3/c1-12(2)14-8-9-15(16(10-14)13(3)4)18(22)23-11-17(21)20-19(5,6)7/h8-10,12-13H,11H2,1-7H3,(H,20,21). The summed E-state index contributed by atoms with van der Waals surface area (Å²) in [5, 5.41) is 2.77. The van der Waals surface area contributed by atoms with Gasteiger partial charge in [0.05, 0.1) is 5.56 Å². The van der Waals surface area contributed by atoms with Crippen LogP contribution in [0.25, 0.3) is 0 Å². The zero-order valence-corrected chi connectivity index (χ0v) is 15.3. The van der Waals surface area contributed by atoms with Crippen LogP contribution in [0.2, 0.25) is 0 Å². The fourth-order valence-corrected chi connectivity index (χ4v) is 2.27. The van der Waals surface area contributed by atoms with Gasteiger partial charge in [0.1, 0.15) is 0 Å².